The quantitative estimate of drug-likeness (QED) is 0.357. The van der Waals surface area contributed by atoms with E-state index in [9.17, 15) is 4.79 Å². The Hall–Kier alpha value is -3.08. The first-order valence-electron chi connectivity index (χ1n) is 8.53. The zero-order valence-electron chi connectivity index (χ0n) is 15.3. The van der Waals surface area contributed by atoms with Gasteiger partial charge in [0.1, 0.15) is 21.8 Å². The van der Waals surface area contributed by atoms with Gasteiger partial charge in [-0.25, -0.2) is 9.55 Å². The largest absolute Gasteiger partial charge is 0.382 e. The number of fused-ring (bicyclic) bond motifs is 1. The lowest BCUT2D eigenvalue weighted by Gasteiger charge is -2.20. The number of aromatic nitrogens is 6. The van der Waals surface area contributed by atoms with Gasteiger partial charge in [-0.3, -0.25) is 9.89 Å². The van der Waals surface area contributed by atoms with Crippen molar-refractivity contribution in [2.24, 2.45) is 0 Å². The van der Waals surface area contributed by atoms with E-state index in [1.165, 1.54) is 10.6 Å². The maximum absolute atomic E-state index is 13.3. The summed E-state index contributed by atoms with van der Waals surface area (Å²) < 4.78 is 1.30. The molecular formula is C17H14Cl3N9O. The van der Waals surface area contributed by atoms with E-state index in [2.05, 4.69) is 30.5 Å². The molecule has 0 aliphatic heterocycles. The highest BCUT2D eigenvalue weighted by molar-refractivity contribution is 6.35. The maximum atomic E-state index is 13.3. The smallest absolute Gasteiger partial charge is 0.268 e. The van der Waals surface area contributed by atoms with Crippen LogP contribution in [0.2, 0.25) is 15.2 Å². The van der Waals surface area contributed by atoms with Gasteiger partial charge in [-0.2, -0.15) is 15.1 Å². The van der Waals surface area contributed by atoms with Crippen LogP contribution in [0, 0.1) is 0 Å². The number of H-pyrrole nitrogens is 1. The molecule has 0 unspecified atom stereocenters. The topological polar surface area (TPSA) is 153 Å². The molecule has 0 aliphatic rings. The number of benzene rings is 1. The summed E-state index contributed by atoms with van der Waals surface area (Å²) in [7, 11) is 0. The predicted octanol–water partition coefficient (Wildman–Crippen LogP) is 3.20. The molecule has 4 rings (SSSR count). The molecule has 0 fully saturated rings. The average Bonchev–Trinajstić information content (AvgIpc) is 3.11. The third-order valence-electron chi connectivity index (χ3n) is 4.27. The van der Waals surface area contributed by atoms with Crippen LogP contribution >= 0.6 is 34.8 Å². The molecule has 0 bridgehead atoms. The summed E-state index contributed by atoms with van der Waals surface area (Å²) in [5.41, 5.74) is 11.4. The van der Waals surface area contributed by atoms with E-state index in [0.29, 0.717) is 11.3 Å². The lowest BCUT2D eigenvalue weighted by atomic mass is 10.2. The van der Waals surface area contributed by atoms with Crippen LogP contribution in [0.3, 0.4) is 0 Å². The predicted molar refractivity (Wildman–Crippen MR) is 117 cm³/mol. The second-order valence-corrected chi connectivity index (χ2v) is 7.51. The van der Waals surface area contributed by atoms with Gasteiger partial charge >= 0.3 is 0 Å². The number of nitrogens with one attached hydrogen (secondary N) is 2. The third-order valence-corrected chi connectivity index (χ3v) is 5.15. The van der Waals surface area contributed by atoms with E-state index >= 15 is 0 Å². The fourth-order valence-electron chi connectivity index (χ4n) is 2.97. The summed E-state index contributed by atoms with van der Waals surface area (Å²) in [6.07, 6.45) is 0. The highest BCUT2D eigenvalue weighted by Gasteiger charge is 2.22. The van der Waals surface area contributed by atoms with Crippen molar-refractivity contribution in [2.45, 2.75) is 13.0 Å². The summed E-state index contributed by atoms with van der Waals surface area (Å²) in [4.78, 5) is 25.8. The molecule has 0 amide bonds. The molecule has 3 heterocycles. The highest BCUT2D eigenvalue weighted by atomic mass is 35.5. The van der Waals surface area contributed by atoms with Crippen molar-refractivity contribution in [3.63, 3.8) is 0 Å². The van der Waals surface area contributed by atoms with Crippen LogP contribution in [-0.2, 0) is 0 Å². The van der Waals surface area contributed by atoms with Gasteiger partial charge < -0.3 is 16.8 Å². The summed E-state index contributed by atoms with van der Waals surface area (Å²) >= 11 is 18.4. The maximum Gasteiger partial charge on any atom is 0.268 e. The Kier molecular flexibility index (Phi) is 5.14. The lowest BCUT2D eigenvalue weighted by molar-refractivity contribution is 0.720. The van der Waals surface area contributed by atoms with Crippen LogP contribution in [0.4, 0.5) is 17.6 Å². The number of aromatic amines is 1. The van der Waals surface area contributed by atoms with Gasteiger partial charge in [0.05, 0.1) is 22.0 Å². The van der Waals surface area contributed by atoms with Crippen molar-refractivity contribution in [1.29, 1.82) is 0 Å². The minimum Gasteiger partial charge on any atom is -0.382 e. The van der Waals surface area contributed by atoms with E-state index in [4.69, 9.17) is 46.3 Å². The van der Waals surface area contributed by atoms with Crippen LogP contribution in [0.5, 0.6) is 0 Å². The molecule has 10 nitrogen and oxygen atoms in total. The number of hydrogen-bond acceptors (Lipinski definition) is 8. The monoisotopic (exact) mass is 465 g/mol. The second kappa shape index (κ2) is 7.63. The second-order valence-electron chi connectivity index (χ2n) is 6.31. The van der Waals surface area contributed by atoms with Gasteiger partial charge in [-0.1, -0.05) is 40.9 Å². The van der Waals surface area contributed by atoms with Crippen LogP contribution in [-0.4, -0.2) is 29.7 Å². The van der Waals surface area contributed by atoms with Gasteiger partial charge in [0.25, 0.3) is 5.56 Å². The van der Waals surface area contributed by atoms with Crippen molar-refractivity contribution in [1.82, 2.24) is 29.7 Å². The zero-order valence-corrected chi connectivity index (χ0v) is 17.6. The summed E-state index contributed by atoms with van der Waals surface area (Å²) in [6.45, 7) is 1.76. The first-order valence-corrected chi connectivity index (χ1v) is 9.67. The normalized spacial score (nSPS) is 12.3. The van der Waals surface area contributed by atoms with Gasteiger partial charge in [-0.15, -0.1) is 0 Å². The molecule has 0 radical (unpaired) electrons. The molecule has 3 aromatic heterocycles. The SMILES string of the molecule is C[C@H](Nc1nc(N)nc(N)c1Cl)c1nc2cccc(Cl)c2c(=O)n1-c1cc(Cl)[nH]n1. The number of halogens is 3. The Balaban J connectivity index is 1.92. The number of nitrogens with two attached hydrogens (primary N) is 2. The fourth-order valence-corrected chi connectivity index (χ4v) is 3.50. The first-order chi connectivity index (χ1) is 14.3. The minimum absolute atomic E-state index is 0.0218. The summed E-state index contributed by atoms with van der Waals surface area (Å²) in [6, 6.07) is 5.92. The van der Waals surface area contributed by atoms with Crippen LogP contribution in [0.1, 0.15) is 18.8 Å². The first kappa shape index (κ1) is 20.2. The van der Waals surface area contributed by atoms with E-state index in [-0.39, 0.29) is 44.0 Å². The Bertz CT molecular complexity index is 1330. The molecule has 1 aromatic carbocycles. The van der Waals surface area contributed by atoms with E-state index in [1.54, 1.807) is 25.1 Å². The molecule has 0 aliphatic carbocycles. The van der Waals surface area contributed by atoms with Gasteiger partial charge in [0, 0.05) is 6.07 Å². The van der Waals surface area contributed by atoms with Crippen LogP contribution in [0.15, 0.2) is 29.1 Å². The molecule has 1 atom stereocenters. The number of rotatable bonds is 4. The zero-order chi connectivity index (χ0) is 21.6. The molecule has 4 aromatic rings. The fraction of sp³-hybridized carbons (Fsp3) is 0.118. The van der Waals surface area contributed by atoms with Crippen molar-refractivity contribution in [3.8, 4) is 5.82 Å². The number of anilines is 3. The molecule has 30 heavy (non-hydrogen) atoms. The van der Waals surface area contributed by atoms with Crippen LogP contribution in [0.25, 0.3) is 16.7 Å². The highest BCUT2D eigenvalue weighted by Crippen LogP contribution is 2.29. The summed E-state index contributed by atoms with van der Waals surface area (Å²) in [5, 5.41) is 10.6. The molecule has 13 heteroatoms. The van der Waals surface area contributed by atoms with Crippen molar-refractivity contribution >= 4 is 63.3 Å². The van der Waals surface area contributed by atoms with E-state index in [0.717, 1.165) is 0 Å². The van der Waals surface area contributed by atoms with Crippen molar-refractivity contribution in [2.75, 3.05) is 16.8 Å². The molecule has 154 valence electrons. The summed E-state index contributed by atoms with van der Waals surface area (Å²) in [5.74, 6) is 0.719. The molecule has 6 N–H and O–H groups in total. The Labute approximate surface area is 184 Å². The Morgan fingerprint density at radius 3 is 2.63 bits per heavy atom. The van der Waals surface area contributed by atoms with Crippen LogP contribution < -0.4 is 22.3 Å². The van der Waals surface area contributed by atoms with E-state index < -0.39 is 11.6 Å². The van der Waals surface area contributed by atoms with E-state index in [1.807, 2.05) is 0 Å². The number of hydrogen-bond donors (Lipinski definition) is 4. The van der Waals surface area contributed by atoms with Gasteiger partial charge in [-0.05, 0) is 19.1 Å². The average molecular weight is 467 g/mol. The third kappa shape index (κ3) is 3.49. The number of nitrogen functional groups attached to an aromatic ring is 2. The lowest BCUT2D eigenvalue weighted by Crippen LogP contribution is -2.28. The number of nitrogens with zero attached hydrogens (tertiary/aromatic N) is 5. The van der Waals surface area contributed by atoms with Gasteiger partial charge in [0.15, 0.2) is 11.6 Å². The molecular weight excluding hydrogens is 453 g/mol. The molecule has 0 saturated carbocycles. The Morgan fingerprint density at radius 1 is 1.17 bits per heavy atom. The molecule has 0 saturated heterocycles. The Morgan fingerprint density at radius 2 is 1.93 bits per heavy atom. The standard InChI is InChI=1S/C17H14Cl3N9O/c1-6(23-14-12(20)13(21)25-17(22)26-14)15-24-8-4-2-3-7(18)11(8)16(30)29(15)10-5-9(19)27-28-10/h2-6H,1H3,(H,27,28)(H5,21,22,23,25,26)/t6-/m0/s1. The molecule has 0 spiro atoms. The minimum atomic E-state index is -0.581. The van der Waals surface area contributed by atoms with Crippen molar-refractivity contribution < 1.29 is 0 Å². The van der Waals surface area contributed by atoms with Gasteiger partial charge in [0.2, 0.25) is 5.95 Å². The van der Waals surface area contributed by atoms with Crippen molar-refractivity contribution in [3.05, 3.63) is 55.6 Å².